The summed E-state index contributed by atoms with van der Waals surface area (Å²) in [5, 5.41) is 17.7. The Morgan fingerprint density at radius 2 is 2.24 bits per heavy atom. The first-order valence-electron chi connectivity index (χ1n) is 6.06. The Morgan fingerprint density at radius 3 is 2.95 bits per heavy atom. The molecule has 0 aliphatic carbocycles. The topological polar surface area (TPSA) is 123 Å². The second-order valence-corrected chi connectivity index (χ2v) is 4.03. The van der Waals surface area contributed by atoms with Crippen molar-refractivity contribution in [3.63, 3.8) is 0 Å². The van der Waals surface area contributed by atoms with Crippen molar-refractivity contribution in [2.75, 3.05) is 6.61 Å². The van der Waals surface area contributed by atoms with Gasteiger partial charge in [-0.3, -0.25) is 4.79 Å². The number of para-hydroxylation sites is 1. The molecule has 1 aromatic carbocycles. The van der Waals surface area contributed by atoms with Crippen LogP contribution < -0.4 is 15.8 Å². The first kappa shape index (κ1) is 14.4. The number of amides is 1. The molecule has 4 N–H and O–H groups in total. The zero-order valence-electron chi connectivity index (χ0n) is 11.0. The summed E-state index contributed by atoms with van der Waals surface area (Å²) in [6.45, 7) is 0.0218. The number of oxime groups is 1. The van der Waals surface area contributed by atoms with Crippen molar-refractivity contribution in [3.8, 4) is 5.75 Å². The van der Waals surface area contributed by atoms with Gasteiger partial charge in [0.2, 0.25) is 0 Å². The first-order valence-corrected chi connectivity index (χ1v) is 6.06. The fraction of sp³-hybridized carbons (Fsp3) is 0.154. The number of hydrogen-bond donors (Lipinski definition) is 3. The van der Waals surface area contributed by atoms with E-state index in [4.69, 9.17) is 20.2 Å². The van der Waals surface area contributed by atoms with Gasteiger partial charge in [0.05, 0.1) is 18.3 Å². The Morgan fingerprint density at radius 1 is 1.43 bits per heavy atom. The molecule has 0 spiro atoms. The van der Waals surface area contributed by atoms with E-state index in [1.165, 1.54) is 6.20 Å². The van der Waals surface area contributed by atoms with Gasteiger partial charge >= 0.3 is 0 Å². The number of aromatic nitrogens is 1. The van der Waals surface area contributed by atoms with Crippen molar-refractivity contribution in [2.45, 2.75) is 6.54 Å². The van der Waals surface area contributed by atoms with Crippen molar-refractivity contribution in [2.24, 2.45) is 10.9 Å². The summed E-state index contributed by atoms with van der Waals surface area (Å²) in [6, 6.07) is 8.32. The summed E-state index contributed by atoms with van der Waals surface area (Å²) < 4.78 is 10.2. The lowest BCUT2D eigenvalue weighted by Gasteiger charge is -2.10. The summed E-state index contributed by atoms with van der Waals surface area (Å²) in [4.78, 5) is 11.7. The Kier molecular flexibility index (Phi) is 4.75. The smallest absolute Gasteiger partial charge is 0.258 e. The quantitative estimate of drug-likeness (QED) is 0.307. The van der Waals surface area contributed by atoms with Crippen LogP contribution in [0, 0.1) is 0 Å². The number of nitrogens with zero attached hydrogens (tertiary/aromatic N) is 2. The lowest BCUT2D eigenvalue weighted by Crippen LogP contribution is -2.28. The number of carbonyl (C=O) groups is 1. The molecule has 1 amide bonds. The summed E-state index contributed by atoms with van der Waals surface area (Å²) in [7, 11) is 0. The molecular formula is C13H14N4O4. The van der Waals surface area contributed by atoms with Gasteiger partial charge in [0.1, 0.15) is 5.75 Å². The largest absolute Gasteiger partial charge is 0.483 e. The van der Waals surface area contributed by atoms with Gasteiger partial charge < -0.3 is 25.5 Å². The normalized spacial score (nSPS) is 11.1. The van der Waals surface area contributed by atoms with Gasteiger partial charge in [-0.2, -0.15) is 0 Å². The van der Waals surface area contributed by atoms with Crippen molar-refractivity contribution in [1.29, 1.82) is 0 Å². The molecule has 0 aliphatic heterocycles. The molecule has 0 bridgehead atoms. The fourth-order valence-corrected chi connectivity index (χ4v) is 1.57. The van der Waals surface area contributed by atoms with Crippen LogP contribution in [-0.2, 0) is 11.3 Å². The van der Waals surface area contributed by atoms with Crippen LogP contribution in [0.15, 0.2) is 46.2 Å². The van der Waals surface area contributed by atoms with Crippen LogP contribution in [0.5, 0.6) is 5.75 Å². The first-order chi connectivity index (χ1) is 10.2. The van der Waals surface area contributed by atoms with E-state index in [0.717, 1.165) is 0 Å². The van der Waals surface area contributed by atoms with E-state index in [0.29, 0.717) is 17.1 Å². The minimum absolute atomic E-state index is 0.0901. The number of ether oxygens (including phenoxy) is 1. The number of amidine groups is 1. The highest BCUT2D eigenvalue weighted by atomic mass is 16.5. The van der Waals surface area contributed by atoms with Gasteiger partial charge in [0, 0.05) is 6.07 Å². The van der Waals surface area contributed by atoms with Crippen LogP contribution in [0.4, 0.5) is 0 Å². The van der Waals surface area contributed by atoms with Gasteiger partial charge in [-0.05, 0) is 12.1 Å². The molecule has 2 aromatic rings. The standard InChI is InChI=1S/C13H14N4O4/c14-13(17-19)10-3-1-2-4-11(10)20-8-12(18)15-7-9-5-6-16-21-9/h1-6,19H,7-8H2,(H2,14,17)(H,15,18). The molecule has 2 rings (SSSR count). The third-order valence-corrected chi connectivity index (χ3v) is 2.58. The molecule has 0 fully saturated rings. The molecular weight excluding hydrogens is 276 g/mol. The number of rotatable bonds is 6. The Labute approximate surface area is 120 Å². The Bertz CT molecular complexity index is 625. The predicted octanol–water partition coefficient (Wildman–Crippen LogP) is 0.464. The number of nitrogens with two attached hydrogens (primary N) is 1. The number of benzene rings is 1. The van der Waals surface area contributed by atoms with Crippen molar-refractivity contribution >= 4 is 11.7 Å². The minimum Gasteiger partial charge on any atom is -0.483 e. The highest BCUT2D eigenvalue weighted by molar-refractivity contribution is 5.99. The molecule has 0 radical (unpaired) electrons. The monoisotopic (exact) mass is 290 g/mol. The lowest BCUT2D eigenvalue weighted by atomic mass is 10.2. The van der Waals surface area contributed by atoms with Gasteiger partial charge in [0.25, 0.3) is 5.91 Å². The van der Waals surface area contributed by atoms with Gasteiger partial charge in [-0.15, -0.1) is 0 Å². The Hall–Kier alpha value is -3.03. The second kappa shape index (κ2) is 6.94. The second-order valence-electron chi connectivity index (χ2n) is 4.03. The zero-order chi connectivity index (χ0) is 15.1. The van der Waals surface area contributed by atoms with Gasteiger partial charge in [-0.25, -0.2) is 0 Å². The average Bonchev–Trinajstić information content (AvgIpc) is 3.04. The molecule has 8 heteroatoms. The maximum absolute atomic E-state index is 11.7. The van der Waals surface area contributed by atoms with Crippen LogP contribution in [0.25, 0.3) is 0 Å². The van der Waals surface area contributed by atoms with Crippen LogP contribution in [-0.4, -0.2) is 28.7 Å². The zero-order valence-corrected chi connectivity index (χ0v) is 11.0. The molecule has 21 heavy (non-hydrogen) atoms. The maximum atomic E-state index is 11.7. The molecule has 0 saturated carbocycles. The SMILES string of the molecule is N/C(=N/O)c1ccccc1OCC(=O)NCc1ccno1. The summed E-state index contributed by atoms with van der Waals surface area (Å²) in [6.07, 6.45) is 1.49. The Balaban J connectivity index is 1.89. The number of nitrogens with one attached hydrogen (secondary N) is 1. The number of carbonyl (C=O) groups excluding carboxylic acids is 1. The van der Waals surface area contributed by atoms with E-state index in [2.05, 4.69) is 15.6 Å². The van der Waals surface area contributed by atoms with E-state index < -0.39 is 0 Å². The molecule has 0 aliphatic rings. The molecule has 1 aromatic heterocycles. The highest BCUT2D eigenvalue weighted by Gasteiger charge is 2.10. The van der Waals surface area contributed by atoms with E-state index in [1.54, 1.807) is 30.3 Å². The molecule has 1 heterocycles. The van der Waals surface area contributed by atoms with Crippen molar-refractivity contribution in [3.05, 3.63) is 47.9 Å². The maximum Gasteiger partial charge on any atom is 0.258 e. The average molecular weight is 290 g/mol. The van der Waals surface area contributed by atoms with E-state index in [-0.39, 0.29) is 24.9 Å². The van der Waals surface area contributed by atoms with Gasteiger partial charge in [0.15, 0.2) is 18.2 Å². The van der Waals surface area contributed by atoms with Crippen LogP contribution in [0.1, 0.15) is 11.3 Å². The third kappa shape index (κ3) is 3.96. The lowest BCUT2D eigenvalue weighted by molar-refractivity contribution is -0.123. The minimum atomic E-state index is -0.333. The molecule has 110 valence electrons. The van der Waals surface area contributed by atoms with E-state index in [9.17, 15) is 4.79 Å². The molecule has 0 atom stereocenters. The van der Waals surface area contributed by atoms with Crippen molar-refractivity contribution in [1.82, 2.24) is 10.5 Å². The third-order valence-electron chi connectivity index (χ3n) is 2.58. The summed E-state index contributed by atoms with van der Waals surface area (Å²) in [5.41, 5.74) is 5.93. The molecule has 0 saturated heterocycles. The number of hydrogen-bond acceptors (Lipinski definition) is 6. The van der Waals surface area contributed by atoms with E-state index in [1.807, 2.05) is 0 Å². The fourth-order valence-electron chi connectivity index (χ4n) is 1.57. The van der Waals surface area contributed by atoms with Crippen LogP contribution in [0.3, 0.4) is 0 Å². The molecule has 0 unspecified atom stereocenters. The van der Waals surface area contributed by atoms with Crippen LogP contribution in [0.2, 0.25) is 0 Å². The van der Waals surface area contributed by atoms with Gasteiger partial charge in [-0.1, -0.05) is 22.4 Å². The van der Waals surface area contributed by atoms with Crippen LogP contribution >= 0.6 is 0 Å². The predicted molar refractivity (Wildman–Crippen MR) is 72.8 cm³/mol. The summed E-state index contributed by atoms with van der Waals surface area (Å²) >= 11 is 0. The van der Waals surface area contributed by atoms with E-state index >= 15 is 0 Å². The highest BCUT2D eigenvalue weighted by Crippen LogP contribution is 2.17. The van der Waals surface area contributed by atoms with Crippen molar-refractivity contribution < 1.29 is 19.3 Å². The summed E-state index contributed by atoms with van der Waals surface area (Å²) in [5.74, 6) is 0.469. The molecule has 8 nitrogen and oxygen atoms in total.